The van der Waals surface area contributed by atoms with Gasteiger partial charge in [-0.2, -0.15) is 0 Å². The molecule has 0 heterocycles. The van der Waals surface area contributed by atoms with Gasteiger partial charge in [-0.05, 0) is 30.5 Å². The van der Waals surface area contributed by atoms with Gasteiger partial charge in [-0.25, -0.2) is 4.79 Å². The number of aliphatic carboxylic acids is 1. The normalized spacial score (nSPS) is 14.5. The molecule has 3 atom stereocenters. The molecule has 10 heteroatoms. The molecule has 10 nitrogen and oxygen atoms in total. The maximum Gasteiger partial charge on any atom is 0.508 e. The maximum absolute atomic E-state index is 12.2. The highest BCUT2D eigenvalue weighted by Crippen LogP contribution is 2.32. The molecule has 0 radical (unpaired) electrons. The number of hydrogen-bond donors (Lipinski definition) is 2. The summed E-state index contributed by atoms with van der Waals surface area (Å²) < 4.78 is 21.0. The summed E-state index contributed by atoms with van der Waals surface area (Å²) in [6.45, 7) is 12.2. The summed E-state index contributed by atoms with van der Waals surface area (Å²) in [5.41, 5.74) is 4.83. The van der Waals surface area contributed by atoms with Crippen LogP contribution in [0.3, 0.4) is 0 Å². The fourth-order valence-corrected chi connectivity index (χ4v) is 2.96. The molecule has 0 saturated heterocycles. The zero-order valence-corrected chi connectivity index (χ0v) is 22.2. The summed E-state index contributed by atoms with van der Waals surface area (Å²) in [5, 5.41) is 9.86. The number of carbonyl (C=O) groups excluding carboxylic acids is 3. The lowest BCUT2D eigenvalue weighted by Crippen LogP contribution is -2.52. The van der Waals surface area contributed by atoms with E-state index in [-0.39, 0.29) is 36.9 Å². The molecule has 36 heavy (non-hydrogen) atoms. The van der Waals surface area contributed by atoms with E-state index in [1.165, 1.54) is 25.1 Å². The van der Waals surface area contributed by atoms with E-state index < -0.39 is 47.5 Å². The monoisotopic (exact) mass is 509 g/mol. The van der Waals surface area contributed by atoms with Gasteiger partial charge in [0.2, 0.25) is 0 Å². The Balaban J connectivity index is 3.09. The van der Waals surface area contributed by atoms with E-state index in [1.807, 2.05) is 13.8 Å². The molecule has 202 valence electrons. The van der Waals surface area contributed by atoms with E-state index in [0.29, 0.717) is 5.56 Å². The predicted molar refractivity (Wildman–Crippen MR) is 132 cm³/mol. The lowest BCUT2D eigenvalue weighted by Gasteiger charge is -2.28. The van der Waals surface area contributed by atoms with Crippen molar-refractivity contribution in [3.8, 4) is 11.5 Å². The topological polar surface area (TPSA) is 151 Å². The standard InChI is InChI=1S/C26H39NO9/c1-8-17(6)14-33-25(32)34-18(7)12-26(27,24(30)31)13-19-9-10-20(35-22(28)15(2)3)21(11-19)36-23(29)16(4)5/h9-11,15-18H,8,12-14,27H2,1-7H3,(H,30,31)/t17?,18-,26?/m0/s1. The van der Waals surface area contributed by atoms with E-state index in [1.54, 1.807) is 27.7 Å². The number of ether oxygens (including phenoxy) is 4. The van der Waals surface area contributed by atoms with Crippen molar-refractivity contribution in [2.75, 3.05) is 6.61 Å². The number of esters is 2. The van der Waals surface area contributed by atoms with Crippen LogP contribution in [0.25, 0.3) is 0 Å². The average molecular weight is 510 g/mol. The van der Waals surface area contributed by atoms with Crippen LogP contribution in [0.1, 0.15) is 66.9 Å². The molecular formula is C26H39NO9. The molecule has 2 unspecified atom stereocenters. The Labute approximate surface area is 212 Å². The van der Waals surface area contributed by atoms with Crippen LogP contribution in [-0.2, 0) is 30.3 Å². The highest BCUT2D eigenvalue weighted by molar-refractivity contribution is 5.80. The molecule has 0 spiro atoms. The Morgan fingerprint density at radius 3 is 2.00 bits per heavy atom. The smallest absolute Gasteiger partial charge is 0.480 e. The van der Waals surface area contributed by atoms with Crippen LogP contribution in [0, 0.1) is 17.8 Å². The van der Waals surface area contributed by atoms with Gasteiger partial charge in [0.15, 0.2) is 11.5 Å². The summed E-state index contributed by atoms with van der Waals surface area (Å²) in [6, 6.07) is 4.37. The lowest BCUT2D eigenvalue weighted by molar-refractivity contribution is -0.145. The maximum atomic E-state index is 12.2. The third kappa shape index (κ3) is 9.85. The van der Waals surface area contributed by atoms with Gasteiger partial charge in [-0.1, -0.05) is 54.0 Å². The van der Waals surface area contributed by atoms with Crippen molar-refractivity contribution >= 4 is 24.1 Å². The number of carbonyl (C=O) groups is 4. The van der Waals surface area contributed by atoms with Crippen LogP contribution < -0.4 is 15.2 Å². The molecule has 0 aliphatic carbocycles. The van der Waals surface area contributed by atoms with Crippen LogP contribution in [-0.4, -0.2) is 47.4 Å². The average Bonchev–Trinajstić information content (AvgIpc) is 2.78. The molecule has 1 aromatic rings. The predicted octanol–water partition coefficient (Wildman–Crippen LogP) is 4.11. The number of nitrogens with two attached hydrogens (primary N) is 1. The minimum absolute atomic E-state index is 0.0224. The van der Waals surface area contributed by atoms with Crippen LogP contribution in [0.4, 0.5) is 4.79 Å². The molecule has 0 amide bonds. The zero-order chi connectivity index (χ0) is 27.6. The SMILES string of the molecule is CCC(C)COC(=O)O[C@@H](C)CC(N)(Cc1ccc(OC(=O)C(C)C)c(OC(=O)C(C)C)c1)C(=O)O. The van der Waals surface area contributed by atoms with Crippen molar-refractivity contribution in [1.29, 1.82) is 0 Å². The molecule has 0 aliphatic rings. The quantitative estimate of drug-likeness (QED) is 0.293. The van der Waals surface area contributed by atoms with E-state index in [2.05, 4.69) is 0 Å². The third-order valence-corrected chi connectivity index (χ3v) is 5.45. The lowest BCUT2D eigenvalue weighted by atomic mass is 9.86. The first-order chi connectivity index (χ1) is 16.7. The van der Waals surface area contributed by atoms with Gasteiger partial charge in [-0.15, -0.1) is 0 Å². The number of carboxylic acids is 1. The summed E-state index contributed by atoms with van der Waals surface area (Å²) in [7, 11) is 0. The second kappa shape index (κ2) is 13.8. The number of hydrogen-bond acceptors (Lipinski definition) is 9. The Morgan fingerprint density at radius 1 is 0.944 bits per heavy atom. The molecule has 0 aliphatic heterocycles. The fourth-order valence-electron chi connectivity index (χ4n) is 2.96. The molecule has 3 N–H and O–H groups in total. The molecule has 1 rings (SSSR count). The van der Waals surface area contributed by atoms with Crippen LogP contribution in [0.5, 0.6) is 11.5 Å². The Bertz CT molecular complexity index is 928. The van der Waals surface area contributed by atoms with Crippen molar-refractivity contribution in [1.82, 2.24) is 0 Å². The molecule has 1 aromatic carbocycles. The van der Waals surface area contributed by atoms with Gasteiger partial charge in [0.05, 0.1) is 18.4 Å². The second-order valence-electron chi connectivity index (χ2n) is 9.78. The molecule has 0 fully saturated rings. The van der Waals surface area contributed by atoms with Gasteiger partial charge in [0, 0.05) is 12.8 Å². The van der Waals surface area contributed by atoms with Crippen LogP contribution in [0.2, 0.25) is 0 Å². The summed E-state index contributed by atoms with van der Waals surface area (Å²) in [5.74, 6) is -3.06. The summed E-state index contributed by atoms with van der Waals surface area (Å²) >= 11 is 0. The Hall–Kier alpha value is -3.14. The van der Waals surface area contributed by atoms with Gasteiger partial charge in [0.1, 0.15) is 11.6 Å². The Morgan fingerprint density at radius 2 is 1.50 bits per heavy atom. The molecule has 0 saturated carbocycles. The summed E-state index contributed by atoms with van der Waals surface area (Å²) in [6.07, 6.45) is -1.29. The van der Waals surface area contributed by atoms with Gasteiger partial charge in [-0.3, -0.25) is 14.4 Å². The first-order valence-electron chi connectivity index (χ1n) is 12.1. The zero-order valence-electron chi connectivity index (χ0n) is 22.2. The van der Waals surface area contributed by atoms with Crippen molar-refractivity contribution in [2.45, 2.75) is 79.4 Å². The van der Waals surface area contributed by atoms with E-state index in [9.17, 15) is 24.3 Å². The highest BCUT2D eigenvalue weighted by Gasteiger charge is 2.37. The summed E-state index contributed by atoms with van der Waals surface area (Å²) in [4.78, 5) is 48.3. The second-order valence-corrected chi connectivity index (χ2v) is 9.78. The van der Waals surface area contributed by atoms with Crippen molar-refractivity contribution in [3.05, 3.63) is 23.8 Å². The van der Waals surface area contributed by atoms with Crippen molar-refractivity contribution < 1.29 is 43.2 Å². The third-order valence-electron chi connectivity index (χ3n) is 5.45. The fraction of sp³-hybridized carbons (Fsp3) is 0.615. The van der Waals surface area contributed by atoms with Crippen molar-refractivity contribution in [3.63, 3.8) is 0 Å². The van der Waals surface area contributed by atoms with E-state index in [0.717, 1.165) is 6.42 Å². The Kier molecular flexibility index (Phi) is 11.9. The van der Waals surface area contributed by atoms with Crippen molar-refractivity contribution in [2.24, 2.45) is 23.5 Å². The molecule has 0 bridgehead atoms. The number of carboxylic acid groups (broad SMARTS) is 1. The van der Waals surface area contributed by atoms with E-state index in [4.69, 9.17) is 24.7 Å². The minimum Gasteiger partial charge on any atom is -0.480 e. The largest absolute Gasteiger partial charge is 0.508 e. The van der Waals surface area contributed by atoms with Gasteiger partial charge >= 0.3 is 24.1 Å². The first kappa shape index (κ1) is 30.9. The van der Waals surface area contributed by atoms with Crippen LogP contribution >= 0.6 is 0 Å². The highest BCUT2D eigenvalue weighted by atomic mass is 16.7. The van der Waals surface area contributed by atoms with Gasteiger partial charge < -0.3 is 29.8 Å². The van der Waals surface area contributed by atoms with E-state index >= 15 is 0 Å². The number of rotatable bonds is 13. The molecular weight excluding hydrogens is 470 g/mol. The number of benzene rings is 1. The van der Waals surface area contributed by atoms with Crippen LogP contribution in [0.15, 0.2) is 18.2 Å². The van der Waals surface area contributed by atoms with Gasteiger partial charge in [0.25, 0.3) is 0 Å². The first-order valence-corrected chi connectivity index (χ1v) is 12.1. The minimum atomic E-state index is -1.81. The molecule has 0 aromatic heterocycles.